The fourth-order valence-corrected chi connectivity index (χ4v) is 2.31. The highest BCUT2D eigenvalue weighted by molar-refractivity contribution is 5.95. The van der Waals surface area contributed by atoms with Gasteiger partial charge >= 0.3 is 30.1 Å². The van der Waals surface area contributed by atoms with E-state index >= 15 is 0 Å². The molecule has 1 aromatic carbocycles. The molecule has 34 heavy (non-hydrogen) atoms. The Labute approximate surface area is 189 Å². The first-order chi connectivity index (χ1) is 15.7. The molecule has 0 aliphatic carbocycles. The van der Waals surface area contributed by atoms with Gasteiger partial charge in [0.2, 0.25) is 5.76 Å². The summed E-state index contributed by atoms with van der Waals surface area (Å²) >= 11 is 0. The first-order valence-corrected chi connectivity index (χ1v) is 9.20. The number of aliphatic carboxylic acids is 3. The zero-order valence-corrected chi connectivity index (χ0v) is 17.2. The van der Waals surface area contributed by atoms with E-state index in [0.29, 0.717) is 5.56 Å². The summed E-state index contributed by atoms with van der Waals surface area (Å²) < 4.78 is 42.2. The van der Waals surface area contributed by atoms with Crippen molar-refractivity contribution in [3.63, 3.8) is 0 Å². The molecule has 184 valence electrons. The summed E-state index contributed by atoms with van der Waals surface area (Å²) in [6, 6.07) is 8.82. The number of hydrogen-bond acceptors (Lipinski definition) is 7. The smallest absolute Gasteiger partial charge is 0.481 e. The van der Waals surface area contributed by atoms with Crippen LogP contribution in [0.1, 0.15) is 34.7 Å². The highest BCUT2D eigenvalue weighted by Crippen LogP contribution is 2.19. The van der Waals surface area contributed by atoms with Gasteiger partial charge in [0.15, 0.2) is 0 Å². The number of benzene rings is 1. The number of carboxylic acid groups (broad SMARTS) is 3. The molecule has 0 amide bonds. The number of carboxylic acids is 3. The van der Waals surface area contributed by atoms with Gasteiger partial charge in [-0.05, 0) is 42.8 Å². The van der Waals surface area contributed by atoms with E-state index in [-0.39, 0.29) is 42.4 Å². The maximum Gasteiger partial charge on any atom is 0.490 e. The molecular weight excluding hydrogens is 469 g/mol. The van der Waals surface area contributed by atoms with Crippen LogP contribution in [-0.4, -0.2) is 51.2 Å². The van der Waals surface area contributed by atoms with Crippen molar-refractivity contribution in [3.05, 3.63) is 53.5 Å². The van der Waals surface area contributed by atoms with Crippen molar-refractivity contribution in [1.29, 1.82) is 5.41 Å². The lowest BCUT2D eigenvalue weighted by Gasteiger charge is -2.08. The van der Waals surface area contributed by atoms with Gasteiger partial charge in [-0.15, -0.1) is 0 Å². The number of hydrogen-bond donors (Lipinski definition) is 5. The van der Waals surface area contributed by atoms with Crippen molar-refractivity contribution in [3.8, 4) is 5.75 Å². The van der Waals surface area contributed by atoms with E-state index in [1.165, 1.54) is 36.4 Å². The predicted octanol–water partition coefficient (Wildman–Crippen LogP) is 2.52. The summed E-state index contributed by atoms with van der Waals surface area (Å²) in [6.45, 7) is 0. The molecular formula is C20H19F3N2O9. The van der Waals surface area contributed by atoms with Crippen LogP contribution >= 0.6 is 0 Å². The van der Waals surface area contributed by atoms with Crippen LogP contribution in [0.2, 0.25) is 0 Å². The van der Waals surface area contributed by atoms with E-state index in [9.17, 15) is 27.6 Å². The predicted molar refractivity (Wildman–Crippen MR) is 107 cm³/mol. The number of nitrogens with two attached hydrogens (primary N) is 1. The number of esters is 1. The monoisotopic (exact) mass is 488 g/mol. The molecule has 0 saturated heterocycles. The van der Waals surface area contributed by atoms with Gasteiger partial charge in [-0.2, -0.15) is 13.2 Å². The average molecular weight is 488 g/mol. The zero-order chi connectivity index (χ0) is 26.1. The molecule has 11 nitrogen and oxygen atoms in total. The molecule has 0 fully saturated rings. The molecule has 1 aromatic heterocycles. The normalized spacial score (nSPS) is 11.5. The summed E-state index contributed by atoms with van der Waals surface area (Å²) in [4.78, 5) is 42.8. The summed E-state index contributed by atoms with van der Waals surface area (Å²) in [6.07, 6.45) is -5.44. The van der Waals surface area contributed by atoms with Crippen LogP contribution in [0.15, 0.2) is 40.8 Å². The van der Waals surface area contributed by atoms with Gasteiger partial charge in [0, 0.05) is 18.4 Å². The topological polar surface area (TPSA) is 201 Å². The third kappa shape index (κ3) is 9.42. The van der Waals surface area contributed by atoms with Crippen molar-refractivity contribution in [1.82, 2.24) is 0 Å². The average Bonchev–Trinajstić information content (AvgIpc) is 3.19. The van der Waals surface area contributed by atoms with Crippen LogP contribution in [0, 0.1) is 11.3 Å². The molecule has 0 aliphatic heterocycles. The Bertz CT molecular complexity index is 1050. The van der Waals surface area contributed by atoms with Gasteiger partial charge < -0.3 is 30.2 Å². The Kier molecular flexibility index (Phi) is 9.79. The number of halogens is 3. The van der Waals surface area contributed by atoms with Crippen LogP contribution in [-0.2, 0) is 20.8 Å². The minimum Gasteiger partial charge on any atom is -0.481 e. The summed E-state index contributed by atoms with van der Waals surface area (Å²) in [5, 5.41) is 32.3. The molecule has 2 aromatic rings. The highest BCUT2D eigenvalue weighted by Gasteiger charge is 2.38. The SMILES string of the molecule is N=C(N)c1ccc(OC(=O)c2ccc(CC(CCC(=O)O)C(=O)O)o2)cc1.O=C(O)C(F)(F)F. The van der Waals surface area contributed by atoms with Crippen molar-refractivity contribution in [2.75, 3.05) is 0 Å². The molecule has 6 N–H and O–H groups in total. The van der Waals surface area contributed by atoms with Gasteiger partial charge in [0.25, 0.3) is 0 Å². The third-order valence-electron chi connectivity index (χ3n) is 3.98. The Morgan fingerprint density at radius 3 is 2.03 bits per heavy atom. The second kappa shape index (κ2) is 12.0. The number of alkyl halides is 3. The summed E-state index contributed by atoms with van der Waals surface area (Å²) in [7, 11) is 0. The Morgan fingerprint density at radius 2 is 1.59 bits per heavy atom. The van der Waals surface area contributed by atoms with E-state index < -0.39 is 36.0 Å². The van der Waals surface area contributed by atoms with Gasteiger partial charge in [-0.1, -0.05) is 0 Å². The van der Waals surface area contributed by atoms with Crippen molar-refractivity contribution in [2.24, 2.45) is 11.7 Å². The van der Waals surface area contributed by atoms with Crippen molar-refractivity contribution in [2.45, 2.75) is 25.4 Å². The minimum absolute atomic E-state index is 0.0385. The molecule has 0 bridgehead atoms. The molecule has 0 saturated carbocycles. The minimum atomic E-state index is -5.08. The molecule has 0 radical (unpaired) electrons. The molecule has 0 aliphatic rings. The lowest BCUT2D eigenvalue weighted by Crippen LogP contribution is -2.21. The van der Waals surface area contributed by atoms with E-state index in [1.54, 1.807) is 0 Å². The van der Waals surface area contributed by atoms with E-state index in [1.807, 2.05) is 0 Å². The Balaban J connectivity index is 0.000000718. The number of furan rings is 1. The third-order valence-corrected chi connectivity index (χ3v) is 3.98. The molecule has 14 heteroatoms. The van der Waals surface area contributed by atoms with Gasteiger partial charge in [0.05, 0.1) is 5.92 Å². The number of nitrogens with one attached hydrogen (secondary N) is 1. The number of carbonyl (C=O) groups excluding carboxylic acids is 1. The number of rotatable bonds is 9. The Morgan fingerprint density at radius 1 is 1.03 bits per heavy atom. The van der Waals surface area contributed by atoms with Crippen LogP contribution in [0.5, 0.6) is 5.75 Å². The second-order valence-electron chi connectivity index (χ2n) is 6.57. The number of ether oxygens (including phenoxy) is 1. The standard InChI is InChI=1S/C18H18N2O7.C2HF3O2/c19-16(20)10-1-4-12(5-2-10)27-18(25)14-7-6-13(26-14)9-11(17(23)24)3-8-15(21)22;3-2(4,5)1(6)7/h1-2,4-7,11H,3,8-9H2,(H3,19,20)(H,21,22)(H,23,24);(H,6,7). The maximum absolute atomic E-state index is 12.1. The van der Waals surface area contributed by atoms with Crippen LogP contribution in [0.25, 0.3) is 0 Å². The highest BCUT2D eigenvalue weighted by atomic mass is 19.4. The quantitative estimate of drug-likeness (QED) is 0.151. The molecule has 1 unspecified atom stereocenters. The van der Waals surface area contributed by atoms with Crippen molar-refractivity contribution < 1.29 is 56.8 Å². The number of carbonyl (C=O) groups is 4. The van der Waals surface area contributed by atoms with Gasteiger partial charge in [0.1, 0.15) is 17.3 Å². The van der Waals surface area contributed by atoms with Crippen LogP contribution in [0.3, 0.4) is 0 Å². The summed E-state index contributed by atoms with van der Waals surface area (Å²) in [5.74, 6) is -6.43. The van der Waals surface area contributed by atoms with E-state index in [4.69, 9.17) is 40.4 Å². The largest absolute Gasteiger partial charge is 0.490 e. The molecule has 2 rings (SSSR count). The molecule has 1 heterocycles. The molecule has 0 spiro atoms. The Hall–Kier alpha value is -4.36. The number of amidine groups is 1. The lowest BCUT2D eigenvalue weighted by atomic mass is 9.98. The number of nitrogen functional groups attached to an aromatic ring is 1. The zero-order valence-electron chi connectivity index (χ0n) is 17.2. The fraction of sp³-hybridized carbons (Fsp3) is 0.250. The summed E-state index contributed by atoms with van der Waals surface area (Å²) in [5.41, 5.74) is 5.83. The van der Waals surface area contributed by atoms with E-state index in [2.05, 4.69) is 0 Å². The van der Waals surface area contributed by atoms with Gasteiger partial charge in [-0.25, -0.2) is 9.59 Å². The first-order valence-electron chi connectivity index (χ1n) is 9.20. The van der Waals surface area contributed by atoms with Crippen LogP contribution in [0.4, 0.5) is 13.2 Å². The van der Waals surface area contributed by atoms with Crippen molar-refractivity contribution >= 4 is 29.7 Å². The maximum atomic E-state index is 12.1. The van der Waals surface area contributed by atoms with E-state index in [0.717, 1.165) is 0 Å². The van der Waals surface area contributed by atoms with Gasteiger partial charge in [-0.3, -0.25) is 15.0 Å². The van der Waals surface area contributed by atoms with Crippen LogP contribution < -0.4 is 10.5 Å². The second-order valence-corrected chi connectivity index (χ2v) is 6.57. The molecule has 1 atom stereocenters. The fourth-order valence-electron chi connectivity index (χ4n) is 2.31. The first kappa shape index (κ1) is 27.7. The lowest BCUT2D eigenvalue weighted by molar-refractivity contribution is -0.192.